The Morgan fingerprint density at radius 3 is 2.61 bits per heavy atom. The molecular weight excluding hydrogens is 404 g/mol. The third-order valence-electron chi connectivity index (χ3n) is 5.27. The van der Waals surface area contributed by atoms with Crippen LogP contribution in [0.15, 0.2) is 62.4 Å². The second-order valence-electron chi connectivity index (χ2n) is 7.12. The van der Waals surface area contributed by atoms with Crippen LogP contribution in [0, 0.1) is 0 Å². The van der Waals surface area contributed by atoms with Gasteiger partial charge in [-0.25, -0.2) is 0 Å². The minimum absolute atomic E-state index is 0.0162. The highest BCUT2D eigenvalue weighted by atomic mass is 16.5. The summed E-state index contributed by atoms with van der Waals surface area (Å²) < 4.78 is 21.9. The molecule has 0 saturated carbocycles. The number of benzene rings is 2. The maximum Gasteiger partial charge on any atom is 0.312 e. The fraction of sp³-hybridized carbons (Fsp3) is 0.130. The first-order chi connectivity index (χ1) is 15.0. The molecule has 4 aromatic rings. The van der Waals surface area contributed by atoms with Gasteiger partial charge >= 0.3 is 5.97 Å². The van der Waals surface area contributed by atoms with Crippen molar-refractivity contribution in [3.63, 3.8) is 0 Å². The van der Waals surface area contributed by atoms with Crippen molar-refractivity contribution in [2.24, 2.45) is 0 Å². The summed E-state index contributed by atoms with van der Waals surface area (Å²) in [5.41, 5.74) is 0.458. The maximum atomic E-state index is 12.9. The first-order valence-electron chi connectivity index (χ1n) is 9.41. The van der Waals surface area contributed by atoms with Gasteiger partial charge < -0.3 is 28.5 Å². The van der Waals surface area contributed by atoms with Crippen LogP contribution >= 0.6 is 0 Å². The smallest absolute Gasteiger partial charge is 0.312 e. The molecule has 2 N–H and O–H groups in total. The molecule has 3 heterocycles. The molecule has 0 radical (unpaired) electrons. The zero-order chi connectivity index (χ0) is 21.7. The largest absolute Gasteiger partial charge is 0.507 e. The fourth-order valence-corrected chi connectivity index (χ4v) is 3.88. The molecule has 1 aliphatic rings. The number of aromatic hydroxyl groups is 2. The first kappa shape index (κ1) is 18.8. The van der Waals surface area contributed by atoms with Crippen molar-refractivity contribution in [2.45, 2.75) is 12.3 Å². The second-order valence-corrected chi connectivity index (χ2v) is 7.12. The number of phenols is 2. The summed E-state index contributed by atoms with van der Waals surface area (Å²) in [7, 11) is 1.43. The lowest BCUT2D eigenvalue weighted by Crippen LogP contribution is -2.21. The van der Waals surface area contributed by atoms with E-state index in [-0.39, 0.29) is 46.1 Å². The van der Waals surface area contributed by atoms with Crippen LogP contribution in [-0.4, -0.2) is 23.3 Å². The molecule has 2 aromatic heterocycles. The standard InChI is InChI=1S/C23H16O8/c1-28-17-5-4-11(7-13(17)24)18-9-14(25)22-15(26)10-19-21(23(22)31-18)12(8-20(27)30-19)16-3-2-6-29-16/h2-7,9-10,12,24,26H,8H2,1H3. The van der Waals surface area contributed by atoms with E-state index < -0.39 is 17.3 Å². The minimum Gasteiger partial charge on any atom is -0.507 e. The Bertz CT molecular complexity index is 1380. The van der Waals surface area contributed by atoms with Gasteiger partial charge in [0.15, 0.2) is 16.9 Å². The van der Waals surface area contributed by atoms with Gasteiger partial charge in [-0.3, -0.25) is 9.59 Å². The lowest BCUT2D eigenvalue weighted by molar-refractivity contribution is -0.135. The highest BCUT2D eigenvalue weighted by Crippen LogP contribution is 2.46. The van der Waals surface area contributed by atoms with Crippen LogP contribution in [0.3, 0.4) is 0 Å². The molecule has 2 aromatic carbocycles. The summed E-state index contributed by atoms with van der Waals surface area (Å²) in [5, 5.41) is 20.5. The van der Waals surface area contributed by atoms with E-state index in [4.69, 9.17) is 18.3 Å². The molecule has 1 aliphatic heterocycles. The number of carbonyl (C=O) groups excluding carboxylic acids is 1. The van der Waals surface area contributed by atoms with E-state index in [0.29, 0.717) is 16.9 Å². The number of fused-ring (bicyclic) bond motifs is 3. The average molecular weight is 420 g/mol. The number of hydrogen-bond acceptors (Lipinski definition) is 8. The summed E-state index contributed by atoms with van der Waals surface area (Å²) in [5.74, 6) is -0.503. The first-order valence-corrected chi connectivity index (χ1v) is 9.41. The average Bonchev–Trinajstić information content (AvgIpc) is 3.27. The Kier molecular flexibility index (Phi) is 4.21. The summed E-state index contributed by atoms with van der Waals surface area (Å²) in [6.45, 7) is 0. The van der Waals surface area contributed by atoms with Gasteiger partial charge in [0.25, 0.3) is 0 Å². The molecule has 1 unspecified atom stereocenters. The SMILES string of the molecule is COc1ccc(-c2cc(=O)c3c(O)cc4c(c3o2)C(c2ccco2)CC(=O)O4)cc1O. The molecule has 0 spiro atoms. The Morgan fingerprint density at radius 1 is 1.06 bits per heavy atom. The maximum absolute atomic E-state index is 12.9. The minimum atomic E-state index is -0.558. The van der Waals surface area contributed by atoms with Gasteiger partial charge in [-0.2, -0.15) is 0 Å². The molecule has 0 aliphatic carbocycles. The zero-order valence-electron chi connectivity index (χ0n) is 16.2. The summed E-state index contributed by atoms with van der Waals surface area (Å²) >= 11 is 0. The number of rotatable bonds is 3. The van der Waals surface area contributed by atoms with E-state index in [0.717, 1.165) is 0 Å². The molecule has 31 heavy (non-hydrogen) atoms. The summed E-state index contributed by atoms with van der Waals surface area (Å²) in [6, 6.07) is 10.5. The molecule has 8 heteroatoms. The van der Waals surface area contributed by atoms with Crippen molar-refractivity contribution >= 4 is 16.9 Å². The van der Waals surface area contributed by atoms with Crippen molar-refractivity contribution < 1.29 is 33.3 Å². The third-order valence-corrected chi connectivity index (χ3v) is 5.27. The van der Waals surface area contributed by atoms with E-state index in [1.807, 2.05) is 0 Å². The Labute approximate surface area is 174 Å². The lowest BCUT2D eigenvalue weighted by Gasteiger charge is -2.24. The van der Waals surface area contributed by atoms with Crippen LogP contribution in [0.4, 0.5) is 0 Å². The van der Waals surface area contributed by atoms with Gasteiger partial charge in [-0.15, -0.1) is 0 Å². The molecule has 0 saturated heterocycles. The Hall–Kier alpha value is -4.20. The third kappa shape index (κ3) is 3.00. The summed E-state index contributed by atoms with van der Waals surface area (Å²) in [6.07, 6.45) is 1.47. The van der Waals surface area contributed by atoms with E-state index >= 15 is 0 Å². The highest BCUT2D eigenvalue weighted by molar-refractivity contribution is 5.93. The monoisotopic (exact) mass is 420 g/mol. The van der Waals surface area contributed by atoms with Gasteiger partial charge in [0.1, 0.15) is 34.0 Å². The quantitative estimate of drug-likeness (QED) is 0.378. The molecule has 0 amide bonds. The molecule has 8 nitrogen and oxygen atoms in total. The second kappa shape index (κ2) is 6.94. The van der Waals surface area contributed by atoms with Crippen LogP contribution in [0.5, 0.6) is 23.0 Å². The van der Waals surface area contributed by atoms with Gasteiger partial charge in [-0.05, 0) is 30.3 Å². The van der Waals surface area contributed by atoms with Crippen LogP contribution in [0.1, 0.15) is 23.7 Å². The van der Waals surface area contributed by atoms with Gasteiger partial charge in [0.05, 0.1) is 25.7 Å². The van der Waals surface area contributed by atoms with E-state index in [1.165, 1.54) is 31.6 Å². The summed E-state index contributed by atoms with van der Waals surface area (Å²) in [4.78, 5) is 25.1. The topological polar surface area (TPSA) is 119 Å². The molecule has 156 valence electrons. The van der Waals surface area contributed by atoms with Crippen molar-refractivity contribution in [2.75, 3.05) is 7.11 Å². The van der Waals surface area contributed by atoms with Crippen LogP contribution in [0.25, 0.3) is 22.3 Å². The Balaban J connectivity index is 1.80. The number of esters is 1. The van der Waals surface area contributed by atoms with Gasteiger partial charge in [0.2, 0.25) is 0 Å². The van der Waals surface area contributed by atoms with Crippen molar-refractivity contribution in [3.8, 4) is 34.3 Å². The predicted molar refractivity (Wildman–Crippen MR) is 109 cm³/mol. The molecule has 1 atom stereocenters. The number of methoxy groups -OCH3 is 1. The molecular formula is C23H16O8. The Morgan fingerprint density at radius 2 is 1.90 bits per heavy atom. The fourth-order valence-electron chi connectivity index (χ4n) is 3.88. The van der Waals surface area contributed by atoms with E-state index in [2.05, 4.69) is 0 Å². The van der Waals surface area contributed by atoms with Gasteiger partial charge in [-0.1, -0.05) is 0 Å². The van der Waals surface area contributed by atoms with Gasteiger partial charge in [0, 0.05) is 23.3 Å². The zero-order valence-corrected chi connectivity index (χ0v) is 16.2. The molecule has 0 bridgehead atoms. The highest BCUT2D eigenvalue weighted by Gasteiger charge is 2.35. The van der Waals surface area contributed by atoms with Crippen LogP contribution in [-0.2, 0) is 4.79 Å². The lowest BCUT2D eigenvalue weighted by atomic mass is 9.88. The van der Waals surface area contributed by atoms with Crippen LogP contribution in [0.2, 0.25) is 0 Å². The number of furan rings is 1. The van der Waals surface area contributed by atoms with E-state index in [1.54, 1.807) is 24.3 Å². The van der Waals surface area contributed by atoms with Crippen molar-refractivity contribution in [3.05, 3.63) is 70.3 Å². The van der Waals surface area contributed by atoms with Crippen LogP contribution < -0.4 is 14.9 Å². The van der Waals surface area contributed by atoms with Crippen molar-refractivity contribution in [1.82, 2.24) is 0 Å². The number of carbonyl (C=O) groups is 1. The predicted octanol–water partition coefficient (Wildman–Crippen LogP) is 3.91. The van der Waals surface area contributed by atoms with E-state index in [9.17, 15) is 19.8 Å². The number of phenolic OH excluding ortho intramolecular Hbond substituents is 2. The number of hydrogen-bond donors (Lipinski definition) is 2. The molecule has 0 fully saturated rings. The number of ether oxygens (including phenoxy) is 2. The normalized spacial score (nSPS) is 15.5. The van der Waals surface area contributed by atoms with Crippen molar-refractivity contribution in [1.29, 1.82) is 0 Å². The molecule has 5 rings (SSSR count).